The minimum absolute atomic E-state index is 0.343. The molecule has 3 aromatic rings. The highest BCUT2D eigenvalue weighted by Crippen LogP contribution is 2.24. The van der Waals surface area contributed by atoms with E-state index in [0.717, 1.165) is 0 Å². The summed E-state index contributed by atoms with van der Waals surface area (Å²) in [5, 5.41) is 1.36. The molecule has 8 heteroatoms. The number of hydrogen-bond donors (Lipinski definition) is 1. The van der Waals surface area contributed by atoms with Crippen LogP contribution in [0.2, 0.25) is 0 Å². The molecule has 0 unspecified atom stereocenters. The van der Waals surface area contributed by atoms with Crippen LogP contribution in [0.4, 0.5) is 5.69 Å². The Morgan fingerprint density at radius 3 is 2.36 bits per heavy atom. The third-order valence-corrected chi connectivity index (χ3v) is 6.42. The molecule has 2 aromatic carbocycles. The number of benzene rings is 2. The SMILES string of the molecule is COc1ccccc1NC(=O)[C@@H](C)S(=O)(=O)Cc1nc2ccccc2nc1C. The maximum absolute atomic E-state index is 12.8. The van der Waals surface area contributed by atoms with Crippen LogP contribution in [0.3, 0.4) is 0 Å². The molecule has 0 radical (unpaired) electrons. The van der Waals surface area contributed by atoms with Crippen molar-refractivity contribution in [2.45, 2.75) is 24.9 Å². The molecule has 1 atom stereocenters. The lowest BCUT2D eigenvalue weighted by Crippen LogP contribution is -2.33. The van der Waals surface area contributed by atoms with Gasteiger partial charge in [0, 0.05) is 0 Å². The quantitative estimate of drug-likeness (QED) is 0.684. The Morgan fingerprint density at radius 2 is 1.68 bits per heavy atom. The predicted octanol–water partition coefficient (Wildman–Crippen LogP) is 2.89. The van der Waals surface area contributed by atoms with Gasteiger partial charge in [-0.15, -0.1) is 0 Å². The van der Waals surface area contributed by atoms with E-state index in [4.69, 9.17) is 4.74 Å². The van der Waals surface area contributed by atoms with E-state index in [1.54, 1.807) is 37.3 Å². The van der Waals surface area contributed by atoms with E-state index in [9.17, 15) is 13.2 Å². The number of sulfone groups is 1. The average Bonchev–Trinajstić information content (AvgIpc) is 2.68. The van der Waals surface area contributed by atoms with E-state index >= 15 is 0 Å². The Hall–Kier alpha value is -3.00. The number of fused-ring (bicyclic) bond motifs is 1. The molecule has 1 N–H and O–H groups in total. The largest absolute Gasteiger partial charge is 0.495 e. The first kappa shape index (κ1) is 19.8. The fourth-order valence-electron chi connectivity index (χ4n) is 2.72. The fraction of sp³-hybridized carbons (Fsp3) is 0.250. The average molecular weight is 399 g/mol. The van der Waals surface area contributed by atoms with Gasteiger partial charge in [0.05, 0.1) is 41.0 Å². The summed E-state index contributed by atoms with van der Waals surface area (Å²) in [4.78, 5) is 21.4. The Morgan fingerprint density at radius 1 is 1.07 bits per heavy atom. The van der Waals surface area contributed by atoms with E-state index in [1.165, 1.54) is 14.0 Å². The normalized spacial score (nSPS) is 12.5. The summed E-state index contributed by atoms with van der Waals surface area (Å²) in [6.45, 7) is 3.08. The molecule has 3 rings (SSSR count). The van der Waals surface area contributed by atoms with Gasteiger partial charge >= 0.3 is 0 Å². The van der Waals surface area contributed by atoms with Crippen LogP contribution >= 0.6 is 0 Å². The highest BCUT2D eigenvalue weighted by atomic mass is 32.2. The van der Waals surface area contributed by atoms with Crippen LogP contribution in [0.1, 0.15) is 18.3 Å². The smallest absolute Gasteiger partial charge is 0.242 e. The Labute approximate surface area is 163 Å². The lowest BCUT2D eigenvalue weighted by molar-refractivity contribution is -0.115. The first-order chi connectivity index (χ1) is 13.3. The molecule has 0 saturated heterocycles. The standard InChI is InChI=1S/C20H21N3O4S/c1-13-18(22-16-9-5-4-8-15(16)21-13)12-28(25,26)14(2)20(24)23-17-10-6-7-11-19(17)27-3/h4-11,14H,12H2,1-3H3,(H,23,24)/t14-/m1/s1. The van der Waals surface area contributed by atoms with Crippen LogP contribution in [0, 0.1) is 6.92 Å². The maximum Gasteiger partial charge on any atom is 0.242 e. The number of ether oxygens (including phenoxy) is 1. The summed E-state index contributed by atoms with van der Waals surface area (Å²) < 4.78 is 30.8. The molecular weight excluding hydrogens is 378 g/mol. The molecule has 1 amide bonds. The minimum atomic E-state index is -3.80. The Bertz CT molecular complexity index is 1130. The molecular formula is C20H21N3O4S. The van der Waals surface area contributed by atoms with Crippen molar-refractivity contribution >= 4 is 32.5 Å². The lowest BCUT2D eigenvalue weighted by atomic mass is 10.2. The van der Waals surface area contributed by atoms with Crippen molar-refractivity contribution in [3.8, 4) is 5.75 Å². The van der Waals surface area contributed by atoms with Gasteiger partial charge in [-0.3, -0.25) is 4.79 Å². The second-order valence-corrected chi connectivity index (χ2v) is 8.70. The topological polar surface area (TPSA) is 98.2 Å². The van der Waals surface area contributed by atoms with Gasteiger partial charge in [0.15, 0.2) is 9.84 Å². The summed E-state index contributed by atoms with van der Waals surface area (Å²) in [5.41, 5.74) is 2.60. The van der Waals surface area contributed by atoms with Crippen molar-refractivity contribution in [2.75, 3.05) is 12.4 Å². The first-order valence-electron chi connectivity index (χ1n) is 8.69. The molecule has 7 nitrogen and oxygen atoms in total. The number of carbonyl (C=O) groups excluding carboxylic acids is 1. The monoisotopic (exact) mass is 399 g/mol. The summed E-state index contributed by atoms with van der Waals surface area (Å²) in [6.07, 6.45) is 0. The van der Waals surface area contributed by atoms with Crippen LogP contribution in [0.25, 0.3) is 11.0 Å². The van der Waals surface area contributed by atoms with Gasteiger partial charge in [-0.25, -0.2) is 18.4 Å². The van der Waals surface area contributed by atoms with Crippen molar-refractivity contribution < 1.29 is 17.9 Å². The molecule has 0 aliphatic rings. The van der Waals surface area contributed by atoms with Gasteiger partial charge in [-0.05, 0) is 38.1 Å². The number of aryl methyl sites for hydroxylation is 1. The third kappa shape index (κ3) is 4.12. The summed E-state index contributed by atoms with van der Waals surface area (Å²) in [7, 11) is -2.32. The minimum Gasteiger partial charge on any atom is -0.495 e. The second kappa shape index (κ2) is 7.93. The third-order valence-electron chi connectivity index (χ3n) is 4.45. The predicted molar refractivity (Wildman–Crippen MR) is 108 cm³/mol. The number of carbonyl (C=O) groups is 1. The lowest BCUT2D eigenvalue weighted by Gasteiger charge is -2.15. The van der Waals surface area contributed by atoms with E-state index < -0.39 is 21.0 Å². The van der Waals surface area contributed by atoms with Crippen LogP contribution < -0.4 is 10.1 Å². The van der Waals surface area contributed by atoms with Crippen molar-refractivity contribution in [3.05, 3.63) is 59.9 Å². The van der Waals surface area contributed by atoms with Gasteiger partial charge in [-0.1, -0.05) is 24.3 Å². The molecule has 0 aliphatic carbocycles. The zero-order valence-corrected chi connectivity index (χ0v) is 16.7. The number of hydrogen-bond acceptors (Lipinski definition) is 6. The number of para-hydroxylation sites is 4. The fourth-order valence-corrected chi connectivity index (χ4v) is 4.01. The second-order valence-electron chi connectivity index (χ2n) is 6.38. The van der Waals surface area contributed by atoms with Gasteiger partial charge in [-0.2, -0.15) is 0 Å². The van der Waals surface area contributed by atoms with Gasteiger partial charge in [0.1, 0.15) is 11.0 Å². The molecule has 0 saturated carbocycles. The number of nitrogens with zero attached hydrogens (tertiary/aromatic N) is 2. The number of methoxy groups -OCH3 is 1. The van der Waals surface area contributed by atoms with Gasteiger partial charge < -0.3 is 10.1 Å². The Kier molecular flexibility index (Phi) is 5.60. The maximum atomic E-state index is 12.8. The van der Waals surface area contributed by atoms with E-state index in [-0.39, 0.29) is 5.75 Å². The molecule has 0 bridgehead atoms. The van der Waals surface area contributed by atoms with E-state index in [1.807, 2.05) is 18.2 Å². The van der Waals surface area contributed by atoms with E-state index in [2.05, 4.69) is 15.3 Å². The van der Waals surface area contributed by atoms with Crippen LogP contribution in [-0.2, 0) is 20.4 Å². The number of aromatic nitrogens is 2. The van der Waals surface area contributed by atoms with Crippen molar-refractivity contribution in [2.24, 2.45) is 0 Å². The number of nitrogens with one attached hydrogen (secondary N) is 1. The van der Waals surface area contributed by atoms with E-state index in [0.29, 0.717) is 33.9 Å². The summed E-state index contributed by atoms with van der Waals surface area (Å²) >= 11 is 0. The molecule has 1 aromatic heterocycles. The number of anilines is 1. The number of amides is 1. The molecule has 0 spiro atoms. The van der Waals surface area contributed by atoms with Gasteiger partial charge in [0.25, 0.3) is 0 Å². The van der Waals surface area contributed by atoms with Crippen LogP contribution in [-0.4, -0.2) is 36.7 Å². The zero-order valence-electron chi connectivity index (χ0n) is 15.8. The molecule has 28 heavy (non-hydrogen) atoms. The molecule has 0 aliphatic heterocycles. The number of rotatable bonds is 6. The van der Waals surface area contributed by atoms with Crippen LogP contribution in [0.5, 0.6) is 5.75 Å². The zero-order chi connectivity index (χ0) is 20.3. The van der Waals surface area contributed by atoms with Gasteiger partial charge in [0.2, 0.25) is 5.91 Å². The molecule has 146 valence electrons. The van der Waals surface area contributed by atoms with Crippen molar-refractivity contribution in [1.82, 2.24) is 9.97 Å². The van der Waals surface area contributed by atoms with Crippen molar-refractivity contribution in [3.63, 3.8) is 0 Å². The molecule has 1 heterocycles. The van der Waals surface area contributed by atoms with Crippen molar-refractivity contribution in [1.29, 1.82) is 0 Å². The summed E-state index contributed by atoms with van der Waals surface area (Å²) in [6, 6.07) is 14.1. The molecule has 0 fully saturated rings. The highest BCUT2D eigenvalue weighted by Gasteiger charge is 2.30. The van der Waals surface area contributed by atoms with Crippen LogP contribution in [0.15, 0.2) is 48.5 Å². The highest BCUT2D eigenvalue weighted by molar-refractivity contribution is 7.92. The summed E-state index contributed by atoms with van der Waals surface area (Å²) in [5.74, 6) is -0.537. The first-order valence-corrected chi connectivity index (χ1v) is 10.4. The Balaban J connectivity index is 1.82.